The highest BCUT2D eigenvalue weighted by Gasteiger charge is 2.18. The minimum absolute atomic E-state index is 0.176. The maximum absolute atomic E-state index is 5.24. The number of thiophene rings is 1. The molecule has 2 rings (SSSR count). The summed E-state index contributed by atoms with van der Waals surface area (Å²) in [6, 6.07) is 8.46. The van der Waals surface area contributed by atoms with Gasteiger partial charge in [0.1, 0.15) is 5.75 Å². The average molecular weight is 405 g/mol. The summed E-state index contributed by atoms with van der Waals surface area (Å²) in [6.45, 7) is 2.11. The van der Waals surface area contributed by atoms with Gasteiger partial charge in [0.15, 0.2) is 0 Å². The lowest BCUT2D eigenvalue weighted by molar-refractivity contribution is 0.414. The van der Waals surface area contributed by atoms with E-state index < -0.39 is 0 Å². The predicted molar refractivity (Wildman–Crippen MR) is 88.4 cm³/mol. The molecule has 0 saturated heterocycles. The first-order chi connectivity index (χ1) is 9.06. The number of ether oxygens (including phenoxy) is 1. The van der Waals surface area contributed by atoms with E-state index in [0.717, 1.165) is 10.2 Å². The molecule has 1 N–H and O–H groups in total. The molecular formula is C14H15Br2NOS. The van der Waals surface area contributed by atoms with Gasteiger partial charge in [0.05, 0.1) is 16.9 Å². The van der Waals surface area contributed by atoms with Crippen LogP contribution in [0.25, 0.3) is 0 Å². The fourth-order valence-corrected chi connectivity index (χ4v) is 4.23. The highest BCUT2D eigenvalue weighted by molar-refractivity contribution is 9.11. The Morgan fingerprint density at radius 1 is 1.26 bits per heavy atom. The van der Waals surface area contributed by atoms with Crippen LogP contribution in [0.15, 0.2) is 32.5 Å². The maximum atomic E-state index is 5.24. The van der Waals surface area contributed by atoms with E-state index in [1.54, 1.807) is 18.4 Å². The summed E-state index contributed by atoms with van der Waals surface area (Å²) in [7, 11) is 3.65. The number of hydrogen-bond donors (Lipinski definition) is 1. The van der Waals surface area contributed by atoms with E-state index in [9.17, 15) is 0 Å². The van der Waals surface area contributed by atoms with Crippen molar-refractivity contribution < 1.29 is 4.74 Å². The van der Waals surface area contributed by atoms with E-state index in [-0.39, 0.29) is 6.04 Å². The number of hydrogen-bond acceptors (Lipinski definition) is 3. The number of methoxy groups -OCH3 is 1. The van der Waals surface area contributed by atoms with Gasteiger partial charge in [-0.15, -0.1) is 11.3 Å². The number of nitrogens with one attached hydrogen (secondary N) is 1. The fourth-order valence-electron chi connectivity index (χ4n) is 1.95. The Morgan fingerprint density at radius 3 is 2.47 bits per heavy atom. The third kappa shape index (κ3) is 3.21. The Hall–Kier alpha value is -0.360. The second-order valence-electron chi connectivity index (χ2n) is 4.21. The van der Waals surface area contributed by atoms with Crippen molar-refractivity contribution in [3.05, 3.63) is 48.5 Å². The molecule has 0 amide bonds. The molecule has 2 nitrogen and oxygen atoms in total. The highest BCUT2D eigenvalue weighted by Crippen LogP contribution is 2.37. The molecule has 1 unspecified atom stereocenters. The van der Waals surface area contributed by atoms with E-state index in [4.69, 9.17) is 4.74 Å². The number of aryl methyl sites for hydroxylation is 1. The smallest absolute Gasteiger partial charge is 0.120 e. The Kier molecular flexibility index (Phi) is 5.06. The van der Waals surface area contributed by atoms with E-state index in [2.05, 4.69) is 56.2 Å². The van der Waals surface area contributed by atoms with Gasteiger partial charge in [-0.2, -0.15) is 0 Å². The van der Waals surface area contributed by atoms with Gasteiger partial charge < -0.3 is 10.1 Å². The average Bonchev–Trinajstić information content (AvgIpc) is 2.72. The third-order valence-electron chi connectivity index (χ3n) is 2.97. The lowest BCUT2D eigenvalue weighted by Crippen LogP contribution is -2.17. The van der Waals surface area contributed by atoms with Gasteiger partial charge in [-0.1, -0.05) is 22.0 Å². The zero-order valence-electron chi connectivity index (χ0n) is 11.0. The van der Waals surface area contributed by atoms with E-state index >= 15 is 0 Å². The van der Waals surface area contributed by atoms with Crippen molar-refractivity contribution >= 4 is 43.2 Å². The summed E-state index contributed by atoms with van der Waals surface area (Å²) in [6.07, 6.45) is 0. The van der Waals surface area contributed by atoms with Crippen LogP contribution in [0.4, 0.5) is 0 Å². The van der Waals surface area contributed by atoms with Crippen LogP contribution >= 0.6 is 43.2 Å². The van der Waals surface area contributed by atoms with E-state index in [1.165, 1.54) is 19.8 Å². The van der Waals surface area contributed by atoms with Gasteiger partial charge in [0.25, 0.3) is 0 Å². The lowest BCUT2D eigenvalue weighted by Gasteiger charge is -2.17. The summed E-state index contributed by atoms with van der Waals surface area (Å²) < 4.78 is 7.47. The standard InChI is InChI=1S/C14H15Br2NOS/c1-8-6-12(19-14(8)16)13(17-2)10-5-4-9(18-3)7-11(10)15/h4-7,13,17H,1-3H3. The monoisotopic (exact) mass is 403 g/mol. The summed E-state index contributed by atoms with van der Waals surface area (Å²) in [4.78, 5) is 1.29. The second-order valence-corrected chi connectivity index (χ2v) is 7.47. The quantitative estimate of drug-likeness (QED) is 0.782. The first-order valence-electron chi connectivity index (χ1n) is 5.83. The van der Waals surface area contributed by atoms with Crippen LogP contribution in [0.2, 0.25) is 0 Å². The fraction of sp³-hybridized carbons (Fsp3) is 0.286. The molecule has 0 aliphatic rings. The Morgan fingerprint density at radius 2 is 2.00 bits per heavy atom. The molecule has 0 saturated carbocycles. The van der Waals surface area contributed by atoms with Crippen molar-refractivity contribution in [2.45, 2.75) is 13.0 Å². The number of benzene rings is 1. The van der Waals surface area contributed by atoms with Crippen molar-refractivity contribution in [1.29, 1.82) is 0 Å². The van der Waals surface area contributed by atoms with Crippen LogP contribution in [0.3, 0.4) is 0 Å². The molecule has 0 spiro atoms. The topological polar surface area (TPSA) is 21.3 Å². The van der Waals surface area contributed by atoms with Crippen LogP contribution in [0.5, 0.6) is 5.75 Å². The second kappa shape index (κ2) is 6.39. The molecule has 0 radical (unpaired) electrons. The molecule has 2 aromatic rings. The van der Waals surface area contributed by atoms with Crippen LogP contribution < -0.4 is 10.1 Å². The summed E-state index contributed by atoms with van der Waals surface area (Å²) in [5, 5.41) is 3.37. The molecule has 19 heavy (non-hydrogen) atoms. The lowest BCUT2D eigenvalue weighted by atomic mass is 10.0. The van der Waals surface area contributed by atoms with Gasteiger partial charge in [0.2, 0.25) is 0 Å². The Bertz CT molecular complexity index is 563. The normalized spacial score (nSPS) is 12.5. The van der Waals surface area contributed by atoms with Crippen LogP contribution in [0, 0.1) is 6.92 Å². The van der Waals surface area contributed by atoms with Crippen molar-refractivity contribution in [2.75, 3.05) is 14.2 Å². The first-order valence-corrected chi connectivity index (χ1v) is 8.23. The minimum Gasteiger partial charge on any atom is -0.497 e. The molecule has 102 valence electrons. The number of rotatable bonds is 4. The number of halogens is 2. The van der Waals surface area contributed by atoms with Gasteiger partial charge in [-0.3, -0.25) is 0 Å². The van der Waals surface area contributed by atoms with E-state index in [0.29, 0.717) is 0 Å². The Labute approximate surface area is 134 Å². The van der Waals surface area contributed by atoms with Gasteiger partial charge in [0, 0.05) is 9.35 Å². The van der Waals surface area contributed by atoms with Crippen LogP contribution in [-0.2, 0) is 0 Å². The van der Waals surface area contributed by atoms with Crippen molar-refractivity contribution in [1.82, 2.24) is 5.32 Å². The highest BCUT2D eigenvalue weighted by atomic mass is 79.9. The van der Waals surface area contributed by atoms with Gasteiger partial charge >= 0.3 is 0 Å². The summed E-state index contributed by atoms with van der Waals surface area (Å²) >= 11 is 8.97. The first kappa shape index (κ1) is 15.0. The van der Waals surface area contributed by atoms with Gasteiger partial charge in [-0.25, -0.2) is 0 Å². The molecule has 1 aromatic carbocycles. The van der Waals surface area contributed by atoms with Crippen molar-refractivity contribution in [3.63, 3.8) is 0 Å². The third-order valence-corrected chi connectivity index (χ3v) is 5.86. The largest absolute Gasteiger partial charge is 0.497 e. The van der Waals surface area contributed by atoms with Gasteiger partial charge in [-0.05, 0) is 59.2 Å². The molecule has 1 atom stereocenters. The maximum Gasteiger partial charge on any atom is 0.120 e. The SMILES string of the molecule is CNC(c1cc(C)c(Br)s1)c1ccc(OC)cc1Br. The molecule has 0 aliphatic carbocycles. The Balaban J connectivity index is 2.42. The van der Waals surface area contributed by atoms with Crippen molar-refractivity contribution in [3.8, 4) is 5.75 Å². The molecule has 0 fully saturated rings. The molecule has 5 heteroatoms. The zero-order chi connectivity index (χ0) is 14.0. The summed E-state index contributed by atoms with van der Waals surface area (Å²) in [5.41, 5.74) is 2.47. The summed E-state index contributed by atoms with van der Waals surface area (Å²) in [5.74, 6) is 0.856. The zero-order valence-corrected chi connectivity index (χ0v) is 14.9. The van der Waals surface area contributed by atoms with Crippen LogP contribution in [-0.4, -0.2) is 14.2 Å². The molecule has 1 heterocycles. The molecule has 0 aliphatic heterocycles. The molecule has 1 aromatic heterocycles. The van der Waals surface area contributed by atoms with Crippen molar-refractivity contribution in [2.24, 2.45) is 0 Å². The molecular weight excluding hydrogens is 390 g/mol. The predicted octanol–water partition coefficient (Wildman–Crippen LogP) is 4.90. The van der Waals surface area contributed by atoms with Crippen LogP contribution in [0.1, 0.15) is 22.0 Å². The minimum atomic E-state index is 0.176. The molecule has 0 bridgehead atoms. The van der Waals surface area contributed by atoms with E-state index in [1.807, 2.05) is 19.2 Å².